The predicted molar refractivity (Wildman–Crippen MR) is 79.6 cm³/mol. The summed E-state index contributed by atoms with van der Waals surface area (Å²) in [7, 11) is 0. The lowest BCUT2D eigenvalue weighted by atomic mass is 9.68. The number of ketones is 1. The van der Waals surface area contributed by atoms with Crippen LogP contribution < -0.4 is 0 Å². The molecule has 0 spiro atoms. The highest BCUT2D eigenvalue weighted by atomic mass is 16.1. The summed E-state index contributed by atoms with van der Waals surface area (Å²) in [5.74, 6) is 1.46. The third-order valence-electron chi connectivity index (χ3n) is 4.82. The van der Waals surface area contributed by atoms with Crippen LogP contribution in [0.4, 0.5) is 0 Å². The van der Waals surface area contributed by atoms with Gasteiger partial charge in [0.25, 0.3) is 0 Å². The summed E-state index contributed by atoms with van der Waals surface area (Å²) >= 11 is 0. The van der Waals surface area contributed by atoms with Crippen LogP contribution in [-0.2, 0) is 4.79 Å². The van der Waals surface area contributed by atoms with Gasteiger partial charge in [-0.25, -0.2) is 0 Å². The maximum absolute atomic E-state index is 12.1. The fraction of sp³-hybridized carbons (Fsp3) is 0.765. The molecule has 2 unspecified atom stereocenters. The van der Waals surface area contributed by atoms with Gasteiger partial charge in [-0.15, -0.1) is 0 Å². The van der Waals surface area contributed by atoms with Gasteiger partial charge < -0.3 is 5.41 Å². The third kappa shape index (κ3) is 3.77. The van der Waals surface area contributed by atoms with Crippen LogP contribution in [0.25, 0.3) is 0 Å². The number of carbonyl (C=O) groups excluding carboxylic acids is 1. The van der Waals surface area contributed by atoms with Gasteiger partial charge in [0, 0.05) is 0 Å². The molecule has 0 radical (unpaired) electrons. The lowest BCUT2D eigenvalue weighted by Crippen LogP contribution is -2.26. The molecule has 2 nitrogen and oxygen atoms in total. The number of allylic oxidation sites excluding steroid dienone is 2. The average molecular weight is 261 g/mol. The molecule has 106 valence electrons. The van der Waals surface area contributed by atoms with Gasteiger partial charge in [-0.05, 0) is 62.9 Å². The van der Waals surface area contributed by atoms with Crippen LogP contribution >= 0.6 is 0 Å². The zero-order chi connectivity index (χ0) is 13.7. The quantitative estimate of drug-likeness (QED) is 0.566. The SMILES string of the molecule is CCCCC(=N)C(=O)C=C1CCCC2CCCCC12. The Hall–Kier alpha value is -0.920. The smallest absolute Gasteiger partial charge is 0.199 e. The third-order valence-corrected chi connectivity index (χ3v) is 4.82. The summed E-state index contributed by atoms with van der Waals surface area (Å²) in [6.45, 7) is 2.10. The van der Waals surface area contributed by atoms with Crippen LogP contribution in [0.1, 0.15) is 71.1 Å². The molecular weight excluding hydrogens is 234 g/mol. The van der Waals surface area contributed by atoms with E-state index in [0.29, 0.717) is 18.1 Å². The summed E-state index contributed by atoms with van der Waals surface area (Å²) in [6.07, 6.45) is 13.5. The molecule has 0 bridgehead atoms. The lowest BCUT2D eigenvalue weighted by Gasteiger charge is -2.37. The van der Waals surface area contributed by atoms with Crippen LogP contribution in [0, 0.1) is 17.2 Å². The topological polar surface area (TPSA) is 40.9 Å². The minimum absolute atomic E-state index is 0.0188. The Labute approximate surface area is 117 Å². The van der Waals surface area contributed by atoms with Crippen molar-refractivity contribution in [2.75, 3.05) is 0 Å². The molecule has 2 fully saturated rings. The first-order valence-corrected chi connectivity index (χ1v) is 8.04. The van der Waals surface area contributed by atoms with E-state index < -0.39 is 0 Å². The Morgan fingerprint density at radius 2 is 2.00 bits per heavy atom. The molecule has 1 N–H and O–H groups in total. The van der Waals surface area contributed by atoms with Crippen molar-refractivity contribution in [3.63, 3.8) is 0 Å². The van der Waals surface area contributed by atoms with Crippen molar-refractivity contribution in [3.05, 3.63) is 11.6 Å². The molecule has 0 aromatic rings. The molecule has 0 heterocycles. The Morgan fingerprint density at radius 1 is 1.26 bits per heavy atom. The monoisotopic (exact) mass is 261 g/mol. The van der Waals surface area contributed by atoms with Gasteiger partial charge in [0.05, 0.1) is 5.71 Å². The summed E-state index contributed by atoms with van der Waals surface area (Å²) in [4.78, 5) is 12.1. The first-order chi connectivity index (χ1) is 9.22. The van der Waals surface area contributed by atoms with Gasteiger partial charge >= 0.3 is 0 Å². The van der Waals surface area contributed by atoms with E-state index in [1.807, 2.05) is 6.08 Å². The van der Waals surface area contributed by atoms with E-state index in [4.69, 9.17) is 5.41 Å². The van der Waals surface area contributed by atoms with Crippen molar-refractivity contribution in [1.29, 1.82) is 5.41 Å². The molecule has 2 atom stereocenters. The van der Waals surface area contributed by atoms with E-state index >= 15 is 0 Å². The van der Waals surface area contributed by atoms with Crippen molar-refractivity contribution in [3.8, 4) is 0 Å². The Bertz CT molecular complexity index is 367. The van der Waals surface area contributed by atoms with E-state index in [1.165, 1.54) is 44.1 Å². The average Bonchev–Trinajstić information content (AvgIpc) is 2.45. The predicted octanol–water partition coefficient (Wildman–Crippen LogP) is 4.68. The largest absolute Gasteiger partial charge is 0.301 e. The maximum atomic E-state index is 12.1. The fourth-order valence-electron chi connectivity index (χ4n) is 3.71. The molecule has 0 saturated heterocycles. The minimum Gasteiger partial charge on any atom is -0.301 e. The number of carbonyl (C=O) groups is 1. The molecule has 0 aromatic heterocycles. The van der Waals surface area contributed by atoms with Gasteiger partial charge in [-0.2, -0.15) is 0 Å². The van der Waals surface area contributed by atoms with E-state index in [1.54, 1.807) is 0 Å². The molecule has 2 rings (SSSR count). The van der Waals surface area contributed by atoms with E-state index in [0.717, 1.165) is 25.2 Å². The fourth-order valence-corrected chi connectivity index (χ4v) is 3.71. The number of nitrogens with one attached hydrogen (secondary N) is 1. The second-order valence-corrected chi connectivity index (χ2v) is 6.21. The van der Waals surface area contributed by atoms with Crippen molar-refractivity contribution >= 4 is 11.5 Å². The normalized spacial score (nSPS) is 29.0. The molecule has 0 amide bonds. The Morgan fingerprint density at radius 3 is 2.79 bits per heavy atom. The molecule has 19 heavy (non-hydrogen) atoms. The van der Waals surface area contributed by atoms with Gasteiger partial charge in [0.15, 0.2) is 5.78 Å². The molecule has 2 aliphatic rings. The molecule has 2 heteroatoms. The van der Waals surface area contributed by atoms with Crippen molar-refractivity contribution in [2.24, 2.45) is 11.8 Å². The van der Waals surface area contributed by atoms with Gasteiger partial charge in [-0.1, -0.05) is 31.8 Å². The second kappa shape index (κ2) is 7.02. The molecule has 0 aromatic carbocycles. The molecular formula is C17H27NO. The van der Waals surface area contributed by atoms with Gasteiger partial charge in [0.2, 0.25) is 0 Å². The van der Waals surface area contributed by atoms with E-state index in [2.05, 4.69) is 6.92 Å². The van der Waals surface area contributed by atoms with Crippen molar-refractivity contribution in [2.45, 2.75) is 71.1 Å². The second-order valence-electron chi connectivity index (χ2n) is 6.21. The van der Waals surface area contributed by atoms with Crippen LogP contribution in [0.15, 0.2) is 11.6 Å². The maximum Gasteiger partial charge on any atom is 0.199 e. The van der Waals surface area contributed by atoms with Gasteiger partial charge in [-0.3, -0.25) is 4.79 Å². The summed E-state index contributed by atoms with van der Waals surface area (Å²) in [6, 6.07) is 0. The van der Waals surface area contributed by atoms with Gasteiger partial charge in [0.1, 0.15) is 0 Å². The first-order valence-electron chi connectivity index (χ1n) is 8.04. The van der Waals surface area contributed by atoms with E-state index in [-0.39, 0.29) is 5.78 Å². The molecule has 2 aliphatic carbocycles. The molecule has 0 aliphatic heterocycles. The standard InChI is InChI=1S/C17H27NO/c1-2-3-11-16(18)17(19)12-14-9-6-8-13-7-4-5-10-15(13)14/h12-13,15,18H,2-11H2,1H3. The van der Waals surface area contributed by atoms with Crippen molar-refractivity contribution in [1.82, 2.24) is 0 Å². The number of unbranched alkanes of at least 4 members (excludes halogenated alkanes) is 1. The number of hydrogen-bond donors (Lipinski definition) is 1. The first kappa shape index (κ1) is 14.5. The highest BCUT2D eigenvalue weighted by Gasteiger charge is 2.31. The van der Waals surface area contributed by atoms with Crippen LogP contribution in [0.3, 0.4) is 0 Å². The Kier molecular flexibility index (Phi) is 5.35. The Balaban J connectivity index is 2.00. The van der Waals surface area contributed by atoms with Crippen LogP contribution in [0.5, 0.6) is 0 Å². The summed E-state index contributed by atoms with van der Waals surface area (Å²) in [5, 5.41) is 7.85. The zero-order valence-electron chi connectivity index (χ0n) is 12.2. The molecule has 2 saturated carbocycles. The number of hydrogen-bond acceptors (Lipinski definition) is 2. The number of fused-ring (bicyclic) bond motifs is 1. The highest BCUT2D eigenvalue weighted by molar-refractivity contribution is 6.42. The number of rotatable bonds is 5. The highest BCUT2D eigenvalue weighted by Crippen LogP contribution is 2.43. The van der Waals surface area contributed by atoms with E-state index in [9.17, 15) is 4.79 Å². The summed E-state index contributed by atoms with van der Waals surface area (Å²) < 4.78 is 0. The van der Waals surface area contributed by atoms with Crippen LogP contribution in [-0.4, -0.2) is 11.5 Å². The van der Waals surface area contributed by atoms with Crippen molar-refractivity contribution < 1.29 is 4.79 Å². The lowest BCUT2D eigenvalue weighted by molar-refractivity contribution is -0.109. The van der Waals surface area contributed by atoms with Crippen LogP contribution in [0.2, 0.25) is 0 Å². The summed E-state index contributed by atoms with van der Waals surface area (Å²) in [5.41, 5.74) is 1.68. The zero-order valence-corrected chi connectivity index (χ0v) is 12.2. The minimum atomic E-state index is -0.0188.